The first kappa shape index (κ1) is 16.1. The molecule has 0 radical (unpaired) electrons. The summed E-state index contributed by atoms with van der Waals surface area (Å²) >= 11 is 0. The maximum absolute atomic E-state index is 10.0. The highest BCUT2D eigenvalue weighted by Crippen LogP contribution is 2.32. The van der Waals surface area contributed by atoms with Crippen molar-refractivity contribution in [2.45, 2.75) is 45.8 Å². The van der Waals surface area contributed by atoms with E-state index in [0.717, 1.165) is 29.9 Å². The lowest BCUT2D eigenvalue weighted by molar-refractivity contribution is 0.110. The summed E-state index contributed by atoms with van der Waals surface area (Å²) in [6.07, 6.45) is 1.60. The van der Waals surface area contributed by atoms with E-state index in [1.807, 2.05) is 12.1 Å². The lowest BCUT2D eigenvalue weighted by atomic mass is 10.0. The van der Waals surface area contributed by atoms with Crippen LogP contribution in [0.3, 0.4) is 0 Å². The van der Waals surface area contributed by atoms with Gasteiger partial charge in [0.1, 0.15) is 0 Å². The standard InChI is InChI=1S/C17H27NO3/c1-4-12(2)15(19)11-18-13(3)14-6-7-16-17(10-14)21-9-5-8-20-16/h6-7,10,12-13,15,18-19H,4-5,8-9,11H2,1-3H3. The van der Waals surface area contributed by atoms with Gasteiger partial charge in [-0.25, -0.2) is 0 Å². The molecule has 2 N–H and O–H groups in total. The van der Waals surface area contributed by atoms with Gasteiger partial charge >= 0.3 is 0 Å². The minimum Gasteiger partial charge on any atom is -0.490 e. The van der Waals surface area contributed by atoms with Crippen molar-refractivity contribution in [1.29, 1.82) is 0 Å². The van der Waals surface area contributed by atoms with Gasteiger partial charge in [0, 0.05) is 19.0 Å². The van der Waals surface area contributed by atoms with Crippen molar-refractivity contribution in [3.8, 4) is 11.5 Å². The molecule has 3 atom stereocenters. The van der Waals surface area contributed by atoms with Crippen LogP contribution in [0.25, 0.3) is 0 Å². The van der Waals surface area contributed by atoms with Crippen molar-refractivity contribution in [2.24, 2.45) is 5.92 Å². The number of fused-ring (bicyclic) bond motifs is 1. The molecular formula is C17H27NO3. The molecular weight excluding hydrogens is 266 g/mol. The van der Waals surface area contributed by atoms with Crippen molar-refractivity contribution in [3.05, 3.63) is 23.8 Å². The summed E-state index contributed by atoms with van der Waals surface area (Å²) in [5, 5.41) is 13.4. The van der Waals surface area contributed by atoms with E-state index in [1.54, 1.807) is 0 Å². The lowest BCUT2D eigenvalue weighted by Gasteiger charge is -2.21. The molecule has 118 valence electrons. The molecule has 4 heteroatoms. The minimum absolute atomic E-state index is 0.167. The molecule has 0 saturated carbocycles. The second-order valence-electron chi connectivity index (χ2n) is 5.84. The first-order valence-corrected chi connectivity index (χ1v) is 7.92. The Balaban J connectivity index is 1.96. The molecule has 1 aliphatic heterocycles. The maximum Gasteiger partial charge on any atom is 0.161 e. The molecule has 1 aromatic carbocycles. The Hall–Kier alpha value is -1.26. The highest BCUT2D eigenvalue weighted by atomic mass is 16.5. The molecule has 3 unspecified atom stereocenters. The van der Waals surface area contributed by atoms with E-state index in [0.29, 0.717) is 25.7 Å². The Morgan fingerprint density at radius 1 is 1.19 bits per heavy atom. The number of ether oxygens (including phenoxy) is 2. The zero-order valence-corrected chi connectivity index (χ0v) is 13.3. The average molecular weight is 293 g/mol. The zero-order valence-electron chi connectivity index (χ0n) is 13.3. The highest BCUT2D eigenvalue weighted by molar-refractivity contribution is 5.44. The summed E-state index contributed by atoms with van der Waals surface area (Å²) in [6, 6.07) is 6.23. The number of nitrogens with one attached hydrogen (secondary N) is 1. The van der Waals surface area contributed by atoms with Gasteiger partial charge in [0.05, 0.1) is 19.3 Å². The normalized spacial score (nSPS) is 18.7. The fourth-order valence-corrected chi connectivity index (χ4v) is 2.34. The van der Waals surface area contributed by atoms with E-state index in [2.05, 4.69) is 32.2 Å². The van der Waals surface area contributed by atoms with Crippen LogP contribution < -0.4 is 14.8 Å². The van der Waals surface area contributed by atoms with E-state index < -0.39 is 0 Å². The Labute approximate surface area is 127 Å². The SMILES string of the molecule is CCC(C)C(O)CNC(C)c1ccc2c(c1)OCCCO2. The molecule has 1 aromatic rings. The predicted molar refractivity (Wildman–Crippen MR) is 83.9 cm³/mol. The van der Waals surface area contributed by atoms with Gasteiger partial charge in [-0.15, -0.1) is 0 Å². The van der Waals surface area contributed by atoms with Crippen LogP contribution in [-0.4, -0.2) is 31.0 Å². The Morgan fingerprint density at radius 3 is 2.62 bits per heavy atom. The maximum atomic E-state index is 10.0. The van der Waals surface area contributed by atoms with Crippen LogP contribution in [0.5, 0.6) is 11.5 Å². The number of aliphatic hydroxyl groups is 1. The van der Waals surface area contributed by atoms with Crippen molar-refractivity contribution < 1.29 is 14.6 Å². The third-order valence-electron chi connectivity index (χ3n) is 4.21. The molecule has 0 bridgehead atoms. The summed E-state index contributed by atoms with van der Waals surface area (Å²) in [5.74, 6) is 1.96. The fourth-order valence-electron chi connectivity index (χ4n) is 2.34. The molecule has 0 spiro atoms. The minimum atomic E-state index is -0.308. The van der Waals surface area contributed by atoms with Crippen molar-refractivity contribution >= 4 is 0 Å². The summed E-state index contributed by atoms with van der Waals surface area (Å²) in [6.45, 7) is 8.28. The second-order valence-corrected chi connectivity index (χ2v) is 5.84. The van der Waals surface area contributed by atoms with Crippen molar-refractivity contribution in [1.82, 2.24) is 5.32 Å². The highest BCUT2D eigenvalue weighted by Gasteiger charge is 2.16. The van der Waals surface area contributed by atoms with Crippen LogP contribution in [0.2, 0.25) is 0 Å². The van der Waals surface area contributed by atoms with Crippen LogP contribution in [0, 0.1) is 5.92 Å². The summed E-state index contributed by atoms with van der Waals surface area (Å²) < 4.78 is 11.4. The zero-order chi connectivity index (χ0) is 15.2. The van der Waals surface area contributed by atoms with Crippen LogP contribution in [-0.2, 0) is 0 Å². The number of hydrogen-bond donors (Lipinski definition) is 2. The number of aliphatic hydroxyl groups excluding tert-OH is 1. The Morgan fingerprint density at radius 2 is 1.90 bits per heavy atom. The van der Waals surface area contributed by atoms with E-state index in [-0.39, 0.29) is 12.1 Å². The van der Waals surface area contributed by atoms with Gasteiger partial charge in [-0.1, -0.05) is 26.3 Å². The van der Waals surface area contributed by atoms with E-state index in [4.69, 9.17) is 9.47 Å². The summed E-state index contributed by atoms with van der Waals surface area (Å²) in [5.41, 5.74) is 1.15. The molecule has 0 aliphatic carbocycles. The molecule has 1 heterocycles. The number of rotatable bonds is 6. The van der Waals surface area contributed by atoms with E-state index in [9.17, 15) is 5.11 Å². The predicted octanol–water partition coefficient (Wildman–Crippen LogP) is 2.91. The molecule has 0 aromatic heterocycles. The topological polar surface area (TPSA) is 50.7 Å². The lowest BCUT2D eigenvalue weighted by Crippen LogP contribution is -2.33. The van der Waals surface area contributed by atoms with Crippen molar-refractivity contribution in [2.75, 3.05) is 19.8 Å². The molecule has 0 saturated heterocycles. The molecule has 0 amide bonds. The third-order valence-corrected chi connectivity index (χ3v) is 4.21. The summed E-state index contributed by atoms with van der Waals surface area (Å²) in [4.78, 5) is 0. The largest absolute Gasteiger partial charge is 0.490 e. The van der Waals surface area contributed by atoms with Gasteiger partial charge in [-0.3, -0.25) is 0 Å². The van der Waals surface area contributed by atoms with E-state index in [1.165, 1.54) is 0 Å². The number of hydrogen-bond acceptors (Lipinski definition) is 4. The Bertz CT molecular complexity index is 450. The summed E-state index contributed by atoms with van der Waals surface area (Å²) in [7, 11) is 0. The first-order valence-electron chi connectivity index (χ1n) is 7.92. The van der Waals surface area contributed by atoms with Gasteiger partial charge in [-0.05, 0) is 30.5 Å². The van der Waals surface area contributed by atoms with Gasteiger partial charge < -0.3 is 19.9 Å². The third kappa shape index (κ3) is 4.35. The number of benzene rings is 1. The molecule has 2 rings (SSSR count). The Kier molecular flexibility index (Phi) is 5.88. The van der Waals surface area contributed by atoms with Crippen LogP contribution >= 0.6 is 0 Å². The molecule has 0 fully saturated rings. The molecule has 1 aliphatic rings. The van der Waals surface area contributed by atoms with Gasteiger partial charge in [0.2, 0.25) is 0 Å². The van der Waals surface area contributed by atoms with Crippen LogP contribution in [0.1, 0.15) is 45.2 Å². The van der Waals surface area contributed by atoms with Crippen molar-refractivity contribution in [3.63, 3.8) is 0 Å². The first-order chi connectivity index (χ1) is 10.1. The molecule has 4 nitrogen and oxygen atoms in total. The monoisotopic (exact) mass is 293 g/mol. The van der Waals surface area contributed by atoms with E-state index >= 15 is 0 Å². The smallest absolute Gasteiger partial charge is 0.161 e. The van der Waals surface area contributed by atoms with Gasteiger partial charge in [0.15, 0.2) is 11.5 Å². The second kappa shape index (κ2) is 7.66. The quantitative estimate of drug-likeness (QED) is 0.847. The van der Waals surface area contributed by atoms with Crippen LogP contribution in [0.4, 0.5) is 0 Å². The fraction of sp³-hybridized carbons (Fsp3) is 0.647. The van der Waals surface area contributed by atoms with Gasteiger partial charge in [0.25, 0.3) is 0 Å². The van der Waals surface area contributed by atoms with Gasteiger partial charge in [-0.2, -0.15) is 0 Å². The average Bonchev–Trinajstić information content (AvgIpc) is 2.75. The molecule has 21 heavy (non-hydrogen) atoms. The van der Waals surface area contributed by atoms with Crippen LogP contribution in [0.15, 0.2) is 18.2 Å².